The molecule has 0 unspecified atom stereocenters. The van der Waals surface area contributed by atoms with E-state index in [1.165, 1.54) is 43.6 Å². The Morgan fingerprint density at radius 2 is 2.00 bits per heavy atom. The van der Waals surface area contributed by atoms with Crippen molar-refractivity contribution >= 4 is 18.1 Å². The second-order valence-corrected chi connectivity index (χ2v) is 5.47. The van der Waals surface area contributed by atoms with Gasteiger partial charge in [0.1, 0.15) is 5.75 Å². The van der Waals surface area contributed by atoms with E-state index in [1.807, 2.05) is 0 Å². The maximum atomic E-state index is 5.33. The SMILES string of the molecule is CCN(CC)CCCN1CCCc2cc(OC)ccc21.Cl. The molecule has 0 saturated heterocycles. The Balaban J connectivity index is 0.00000220. The molecule has 1 aromatic carbocycles. The Hall–Kier alpha value is -0.930. The molecule has 0 N–H and O–H groups in total. The van der Waals surface area contributed by atoms with Crippen LogP contribution in [0.4, 0.5) is 5.69 Å². The van der Waals surface area contributed by atoms with E-state index in [-0.39, 0.29) is 12.4 Å². The molecule has 1 heterocycles. The predicted molar refractivity (Wildman–Crippen MR) is 93.2 cm³/mol. The Morgan fingerprint density at radius 3 is 2.67 bits per heavy atom. The van der Waals surface area contributed by atoms with Crippen molar-refractivity contribution in [2.24, 2.45) is 0 Å². The van der Waals surface area contributed by atoms with Gasteiger partial charge in [0.15, 0.2) is 0 Å². The first-order valence-corrected chi connectivity index (χ1v) is 7.92. The molecule has 0 radical (unpaired) electrons. The highest BCUT2D eigenvalue weighted by Gasteiger charge is 2.17. The van der Waals surface area contributed by atoms with Gasteiger partial charge in [-0.2, -0.15) is 0 Å². The van der Waals surface area contributed by atoms with E-state index in [0.717, 1.165) is 25.4 Å². The number of benzene rings is 1. The number of methoxy groups -OCH3 is 1. The number of ether oxygens (including phenoxy) is 1. The fourth-order valence-corrected chi connectivity index (χ4v) is 3.04. The molecule has 0 fully saturated rings. The van der Waals surface area contributed by atoms with Crippen molar-refractivity contribution in [2.45, 2.75) is 33.1 Å². The molecule has 0 amide bonds. The average molecular weight is 313 g/mol. The number of rotatable bonds is 7. The van der Waals surface area contributed by atoms with Crippen LogP contribution in [0.25, 0.3) is 0 Å². The minimum absolute atomic E-state index is 0. The molecule has 1 aliphatic heterocycles. The van der Waals surface area contributed by atoms with E-state index in [9.17, 15) is 0 Å². The molecule has 0 spiro atoms. The van der Waals surface area contributed by atoms with E-state index in [1.54, 1.807) is 7.11 Å². The minimum atomic E-state index is 0. The highest BCUT2D eigenvalue weighted by atomic mass is 35.5. The van der Waals surface area contributed by atoms with Crippen LogP contribution in [0, 0.1) is 0 Å². The van der Waals surface area contributed by atoms with E-state index in [4.69, 9.17) is 4.74 Å². The largest absolute Gasteiger partial charge is 0.497 e. The molecule has 1 aliphatic rings. The number of hydrogen-bond acceptors (Lipinski definition) is 3. The first-order chi connectivity index (χ1) is 9.78. The molecule has 0 atom stereocenters. The maximum absolute atomic E-state index is 5.33. The summed E-state index contributed by atoms with van der Waals surface area (Å²) in [6.07, 6.45) is 3.68. The standard InChI is InChI=1S/C17H28N2O.ClH/c1-4-18(5-2)11-7-13-19-12-6-8-15-14-16(20-3)9-10-17(15)19;/h9-10,14H,4-8,11-13H2,1-3H3;1H. The number of aryl methyl sites for hydroxylation is 1. The molecule has 0 aliphatic carbocycles. The second kappa shape index (κ2) is 9.16. The summed E-state index contributed by atoms with van der Waals surface area (Å²) in [5, 5.41) is 0. The Labute approximate surface area is 135 Å². The Kier molecular flexibility index (Phi) is 7.91. The monoisotopic (exact) mass is 312 g/mol. The van der Waals surface area contributed by atoms with E-state index >= 15 is 0 Å². The van der Waals surface area contributed by atoms with Crippen LogP contribution in [0.5, 0.6) is 5.75 Å². The van der Waals surface area contributed by atoms with Gasteiger partial charge in [-0.3, -0.25) is 0 Å². The topological polar surface area (TPSA) is 15.7 Å². The number of fused-ring (bicyclic) bond motifs is 1. The van der Waals surface area contributed by atoms with Gasteiger partial charge in [0.05, 0.1) is 7.11 Å². The molecular weight excluding hydrogens is 284 g/mol. The Morgan fingerprint density at radius 1 is 1.24 bits per heavy atom. The third kappa shape index (κ3) is 4.79. The van der Waals surface area contributed by atoms with Crippen LogP contribution in [-0.2, 0) is 6.42 Å². The number of nitrogens with zero attached hydrogens (tertiary/aromatic N) is 2. The lowest BCUT2D eigenvalue weighted by molar-refractivity contribution is 0.300. The normalized spacial score (nSPS) is 13.8. The van der Waals surface area contributed by atoms with Gasteiger partial charge in [-0.25, -0.2) is 0 Å². The molecular formula is C17H29ClN2O. The van der Waals surface area contributed by atoms with Crippen LogP contribution in [-0.4, -0.2) is 44.7 Å². The van der Waals surface area contributed by atoms with Gasteiger partial charge in [0.25, 0.3) is 0 Å². The van der Waals surface area contributed by atoms with Crippen LogP contribution in [0.2, 0.25) is 0 Å². The lowest BCUT2D eigenvalue weighted by Crippen LogP contribution is -2.33. The first-order valence-electron chi connectivity index (χ1n) is 7.92. The molecule has 0 bridgehead atoms. The van der Waals surface area contributed by atoms with Crippen molar-refractivity contribution in [1.29, 1.82) is 0 Å². The number of anilines is 1. The maximum Gasteiger partial charge on any atom is 0.119 e. The number of halogens is 1. The van der Waals surface area contributed by atoms with E-state index in [0.29, 0.717) is 0 Å². The fourth-order valence-electron chi connectivity index (χ4n) is 3.04. The summed E-state index contributed by atoms with van der Waals surface area (Å²) in [6, 6.07) is 6.51. The van der Waals surface area contributed by atoms with Gasteiger partial charge >= 0.3 is 0 Å². The van der Waals surface area contributed by atoms with Crippen molar-refractivity contribution < 1.29 is 4.74 Å². The first kappa shape index (κ1) is 18.1. The van der Waals surface area contributed by atoms with Gasteiger partial charge < -0.3 is 14.5 Å². The highest BCUT2D eigenvalue weighted by Crippen LogP contribution is 2.30. The average Bonchev–Trinajstić information content (AvgIpc) is 2.51. The molecule has 0 saturated carbocycles. The van der Waals surface area contributed by atoms with E-state index < -0.39 is 0 Å². The predicted octanol–water partition coefficient (Wildman–Crippen LogP) is 3.60. The molecule has 1 aromatic rings. The minimum Gasteiger partial charge on any atom is -0.497 e. The molecule has 4 heteroatoms. The third-order valence-corrected chi connectivity index (χ3v) is 4.30. The molecule has 120 valence electrons. The highest BCUT2D eigenvalue weighted by molar-refractivity contribution is 5.85. The van der Waals surface area contributed by atoms with Crippen LogP contribution in [0.3, 0.4) is 0 Å². The lowest BCUT2D eigenvalue weighted by Gasteiger charge is -2.32. The summed E-state index contributed by atoms with van der Waals surface area (Å²) in [5.41, 5.74) is 2.86. The zero-order valence-electron chi connectivity index (χ0n) is 13.6. The summed E-state index contributed by atoms with van der Waals surface area (Å²) >= 11 is 0. The Bertz CT molecular complexity index is 421. The second-order valence-electron chi connectivity index (χ2n) is 5.47. The molecule has 3 nitrogen and oxygen atoms in total. The summed E-state index contributed by atoms with van der Waals surface area (Å²) in [7, 11) is 1.74. The van der Waals surface area contributed by atoms with Crippen LogP contribution < -0.4 is 9.64 Å². The van der Waals surface area contributed by atoms with Crippen LogP contribution in [0.1, 0.15) is 32.3 Å². The van der Waals surface area contributed by atoms with Crippen molar-refractivity contribution in [2.75, 3.05) is 44.7 Å². The third-order valence-electron chi connectivity index (χ3n) is 4.30. The van der Waals surface area contributed by atoms with Crippen molar-refractivity contribution in [3.63, 3.8) is 0 Å². The summed E-state index contributed by atoms with van der Waals surface area (Å²) in [6.45, 7) is 10.4. The number of hydrogen-bond donors (Lipinski definition) is 0. The van der Waals surface area contributed by atoms with Crippen molar-refractivity contribution in [1.82, 2.24) is 4.90 Å². The fraction of sp³-hybridized carbons (Fsp3) is 0.647. The van der Waals surface area contributed by atoms with E-state index in [2.05, 4.69) is 41.8 Å². The molecule has 2 rings (SSSR count). The van der Waals surface area contributed by atoms with Gasteiger partial charge in [-0.15, -0.1) is 12.4 Å². The molecule has 0 aromatic heterocycles. The van der Waals surface area contributed by atoms with Gasteiger partial charge in [-0.1, -0.05) is 13.8 Å². The quantitative estimate of drug-likeness (QED) is 0.765. The van der Waals surface area contributed by atoms with Crippen LogP contribution in [0.15, 0.2) is 18.2 Å². The smallest absolute Gasteiger partial charge is 0.119 e. The van der Waals surface area contributed by atoms with Crippen LogP contribution >= 0.6 is 12.4 Å². The zero-order valence-corrected chi connectivity index (χ0v) is 14.4. The zero-order chi connectivity index (χ0) is 14.4. The summed E-state index contributed by atoms with van der Waals surface area (Å²) < 4.78 is 5.33. The lowest BCUT2D eigenvalue weighted by atomic mass is 10.0. The summed E-state index contributed by atoms with van der Waals surface area (Å²) in [4.78, 5) is 5.04. The van der Waals surface area contributed by atoms with Crippen molar-refractivity contribution in [3.8, 4) is 5.75 Å². The van der Waals surface area contributed by atoms with Crippen molar-refractivity contribution in [3.05, 3.63) is 23.8 Å². The van der Waals surface area contributed by atoms with Gasteiger partial charge in [0.2, 0.25) is 0 Å². The summed E-state index contributed by atoms with van der Waals surface area (Å²) in [5.74, 6) is 0.980. The van der Waals surface area contributed by atoms with Gasteiger partial charge in [-0.05, 0) is 62.7 Å². The van der Waals surface area contributed by atoms with Gasteiger partial charge in [0, 0.05) is 18.8 Å². The molecule has 21 heavy (non-hydrogen) atoms.